The quantitative estimate of drug-likeness (QED) is 0.693. The maximum absolute atomic E-state index is 12.0. The second-order valence-electron chi connectivity index (χ2n) is 10.4. The molecule has 6 aliphatic carbocycles. The Hall–Kier alpha value is -1.10. The lowest BCUT2D eigenvalue weighted by molar-refractivity contribution is -0.116. The summed E-state index contributed by atoms with van der Waals surface area (Å²) in [5.41, 5.74) is 1.76. The first-order valence-corrected chi connectivity index (χ1v) is 10.7. The summed E-state index contributed by atoms with van der Waals surface area (Å²) in [4.78, 5) is 12.0. The van der Waals surface area contributed by atoms with Crippen LogP contribution in [0.15, 0.2) is 11.6 Å². The van der Waals surface area contributed by atoms with Crippen molar-refractivity contribution in [2.45, 2.75) is 58.8 Å². The van der Waals surface area contributed by atoms with Gasteiger partial charge in [0.05, 0.1) is 11.5 Å². The molecule has 0 aromatic carbocycles. The third-order valence-electron chi connectivity index (χ3n) is 10.1. The van der Waals surface area contributed by atoms with E-state index in [1.807, 2.05) is 0 Å². The molecule has 0 spiro atoms. The summed E-state index contributed by atoms with van der Waals surface area (Å²) in [5, 5.41) is 10.1. The molecule has 6 aliphatic rings. The van der Waals surface area contributed by atoms with Gasteiger partial charge in [0.2, 0.25) is 0 Å². The van der Waals surface area contributed by atoms with Gasteiger partial charge in [-0.25, -0.2) is 0 Å². The molecule has 0 N–H and O–H groups in total. The van der Waals surface area contributed by atoms with E-state index in [1.54, 1.807) is 5.57 Å². The minimum atomic E-state index is -0.0783. The Kier molecular flexibility index (Phi) is 2.65. The first-order valence-electron chi connectivity index (χ1n) is 10.7. The third-order valence-corrected chi connectivity index (χ3v) is 10.1. The van der Waals surface area contributed by atoms with E-state index in [0.29, 0.717) is 17.6 Å². The van der Waals surface area contributed by atoms with Gasteiger partial charge in [0, 0.05) is 6.42 Å². The first kappa shape index (κ1) is 15.0. The Balaban J connectivity index is 1.45. The Bertz CT molecular complexity index is 746. The zero-order valence-electron chi connectivity index (χ0n) is 15.5. The molecule has 0 radical (unpaired) electrons. The molecule has 0 amide bonds. The van der Waals surface area contributed by atoms with E-state index in [2.05, 4.69) is 26.0 Å². The summed E-state index contributed by atoms with van der Waals surface area (Å²) >= 11 is 0. The monoisotopic (exact) mass is 335 g/mol. The van der Waals surface area contributed by atoms with E-state index < -0.39 is 0 Å². The number of hydrogen-bond acceptors (Lipinski definition) is 2. The van der Waals surface area contributed by atoms with Crippen LogP contribution in [0.4, 0.5) is 0 Å². The summed E-state index contributed by atoms with van der Waals surface area (Å²) in [6.45, 7) is 4.69. The molecule has 5 saturated carbocycles. The molecular formula is C23H29NO. The Labute approximate surface area is 151 Å². The van der Waals surface area contributed by atoms with Crippen molar-refractivity contribution in [2.24, 2.45) is 58.2 Å². The molecule has 1 unspecified atom stereocenters. The molecule has 0 saturated heterocycles. The molecule has 0 heterocycles. The van der Waals surface area contributed by atoms with E-state index in [0.717, 1.165) is 48.3 Å². The lowest BCUT2D eigenvalue weighted by Crippen LogP contribution is -2.52. The topological polar surface area (TPSA) is 40.9 Å². The van der Waals surface area contributed by atoms with Gasteiger partial charge in [0.1, 0.15) is 0 Å². The van der Waals surface area contributed by atoms with E-state index in [-0.39, 0.29) is 10.8 Å². The Morgan fingerprint density at radius 3 is 2.80 bits per heavy atom. The number of fused-ring (bicyclic) bond motifs is 10. The van der Waals surface area contributed by atoms with E-state index in [1.165, 1.54) is 32.1 Å². The van der Waals surface area contributed by atoms with Gasteiger partial charge in [-0.05, 0) is 104 Å². The number of allylic oxidation sites excluding steroid dienone is 1. The lowest BCUT2D eigenvalue weighted by Gasteiger charge is -2.57. The largest absolute Gasteiger partial charge is 0.295 e. The second kappa shape index (κ2) is 4.41. The Morgan fingerprint density at radius 2 is 2.04 bits per heavy atom. The maximum atomic E-state index is 12.0. The summed E-state index contributed by atoms with van der Waals surface area (Å²) in [6.07, 6.45) is 10.4. The van der Waals surface area contributed by atoms with Gasteiger partial charge in [0.25, 0.3) is 0 Å². The predicted octanol–water partition coefficient (Wildman–Crippen LogP) is 4.76. The van der Waals surface area contributed by atoms with Gasteiger partial charge in [-0.1, -0.05) is 12.5 Å². The van der Waals surface area contributed by atoms with Crippen LogP contribution in [0, 0.1) is 69.5 Å². The minimum Gasteiger partial charge on any atom is -0.295 e. The molecule has 0 aliphatic heterocycles. The molecule has 0 aromatic heterocycles. The van der Waals surface area contributed by atoms with Crippen LogP contribution in [0.5, 0.6) is 0 Å². The molecule has 25 heavy (non-hydrogen) atoms. The van der Waals surface area contributed by atoms with Crippen LogP contribution in [0.3, 0.4) is 0 Å². The van der Waals surface area contributed by atoms with Crippen LogP contribution in [0.25, 0.3) is 0 Å². The van der Waals surface area contributed by atoms with E-state index in [9.17, 15) is 10.1 Å². The van der Waals surface area contributed by atoms with Crippen LogP contribution in [-0.2, 0) is 4.79 Å². The van der Waals surface area contributed by atoms with Crippen molar-refractivity contribution in [1.82, 2.24) is 0 Å². The highest BCUT2D eigenvalue weighted by molar-refractivity contribution is 5.91. The molecule has 132 valence electrons. The van der Waals surface area contributed by atoms with Crippen LogP contribution in [0.1, 0.15) is 58.8 Å². The lowest BCUT2D eigenvalue weighted by atomic mass is 9.46. The number of carbonyl (C=O) groups excluding carboxylic acids is 1. The summed E-state index contributed by atoms with van der Waals surface area (Å²) in [6, 6.07) is 2.85. The van der Waals surface area contributed by atoms with E-state index in [4.69, 9.17) is 0 Å². The molecule has 5 fully saturated rings. The van der Waals surface area contributed by atoms with Crippen molar-refractivity contribution < 1.29 is 4.79 Å². The fourth-order valence-corrected chi connectivity index (χ4v) is 9.09. The normalized spacial score (nSPS) is 60.2. The zero-order chi connectivity index (χ0) is 17.1. The van der Waals surface area contributed by atoms with Crippen LogP contribution >= 0.6 is 0 Å². The fourth-order valence-electron chi connectivity index (χ4n) is 9.09. The molecule has 2 nitrogen and oxygen atoms in total. The number of carbonyl (C=O) groups is 1. The van der Waals surface area contributed by atoms with Gasteiger partial charge < -0.3 is 0 Å². The average Bonchev–Trinajstić information content (AvgIpc) is 3.52. The van der Waals surface area contributed by atoms with Crippen molar-refractivity contribution in [3.63, 3.8) is 0 Å². The summed E-state index contributed by atoms with van der Waals surface area (Å²) in [5.74, 6) is 6.67. The van der Waals surface area contributed by atoms with Crippen molar-refractivity contribution >= 4 is 5.78 Å². The van der Waals surface area contributed by atoms with Crippen LogP contribution in [-0.4, -0.2) is 5.78 Å². The van der Waals surface area contributed by atoms with Crippen LogP contribution < -0.4 is 0 Å². The van der Waals surface area contributed by atoms with Crippen molar-refractivity contribution in [3.05, 3.63) is 11.6 Å². The smallest absolute Gasteiger partial charge is 0.155 e. The van der Waals surface area contributed by atoms with Gasteiger partial charge in [-0.3, -0.25) is 4.79 Å². The van der Waals surface area contributed by atoms with Crippen molar-refractivity contribution in [1.29, 1.82) is 5.26 Å². The maximum Gasteiger partial charge on any atom is 0.155 e. The number of ketones is 1. The second-order valence-corrected chi connectivity index (χ2v) is 10.4. The Morgan fingerprint density at radius 1 is 1.20 bits per heavy atom. The predicted molar refractivity (Wildman–Crippen MR) is 95.2 cm³/mol. The highest BCUT2D eigenvalue weighted by Crippen LogP contribution is 2.82. The highest BCUT2D eigenvalue weighted by atomic mass is 16.1. The van der Waals surface area contributed by atoms with Gasteiger partial charge in [-0.15, -0.1) is 0 Å². The standard InChI is InChI=1S/C23H29NO/c1-3-23-7-6-14-13-5-4-12(25)8-15(13)16-9-17(16)20(14)21(23)18-10-19(18)22(23,2)11-24/h8,13-14,16-21H,3-7,9-10H2,1-2H3/t13-,14-,16-,17-,18-,19+,20+,21+,22?,23+/m1/s1. The molecule has 10 atom stereocenters. The third kappa shape index (κ3) is 1.53. The first-order chi connectivity index (χ1) is 12.1. The average molecular weight is 335 g/mol. The molecule has 6 rings (SSSR count). The van der Waals surface area contributed by atoms with Gasteiger partial charge >= 0.3 is 0 Å². The van der Waals surface area contributed by atoms with Crippen molar-refractivity contribution in [3.8, 4) is 6.07 Å². The molecule has 0 aromatic rings. The van der Waals surface area contributed by atoms with Crippen molar-refractivity contribution in [2.75, 3.05) is 0 Å². The minimum absolute atomic E-state index is 0.0783. The van der Waals surface area contributed by atoms with Gasteiger partial charge in [-0.2, -0.15) is 5.26 Å². The summed E-state index contributed by atoms with van der Waals surface area (Å²) in [7, 11) is 0. The van der Waals surface area contributed by atoms with Gasteiger partial charge in [0.15, 0.2) is 5.78 Å². The molecule has 2 heteroatoms. The highest BCUT2D eigenvalue weighted by Gasteiger charge is 2.77. The van der Waals surface area contributed by atoms with Crippen LogP contribution in [0.2, 0.25) is 0 Å². The SMILES string of the molecule is CC[C@]12CC[C@H]3[C@@H]([C@@H]4C[C@@H]4C4=CC(=O)CC[C@@H]43)[C@@H]1[C@@H]1C[C@@H]1C2(C)C#N. The fraction of sp³-hybridized carbons (Fsp3) is 0.826. The van der Waals surface area contributed by atoms with E-state index >= 15 is 0 Å². The zero-order valence-corrected chi connectivity index (χ0v) is 15.5. The molecule has 0 bridgehead atoms. The number of nitriles is 1. The number of nitrogens with zero attached hydrogens (tertiary/aromatic N) is 1. The molecular weight excluding hydrogens is 306 g/mol. The number of rotatable bonds is 1. The number of hydrogen-bond donors (Lipinski definition) is 0. The summed E-state index contributed by atoms with van der Waals surface area (Å²) < 4.78 is 0.